The first-order chi connectivity index (χ1) is 12.2. The summed E-state index contributed by atoms with van der Waals surface area (Å²) in [5.74, 6) is 1.21. The zero-order valence-electron chi connectivity index (χ0n) is 15.7. The van der Waals surface area contributed by atoms with E-state index in [4.69, 9.17) is 4.98 Å². The predicted molar refractivity (Wildman–Crippen MR) is 103 cm³/mol. The fraction of sp³-hybridized carbons (Fsp3) is 0.450. The van der Waals surface area contributed by atoms with Crippen LogP contribution in [0.25, 0.3) is 17.0 Å². The number of fused-ring (bicyclic) bond motifs is 1. The number of imidazole rings is 1. The van der Waals surface area contributed by atoms with Gasteiger partial charge in [-0.3, -0.25) is 9.38 Å². The largest absolute Gasteiger partial charge is 0.356 e. The van der Waals surface area contributed by atoms with E-state index < -0.39 is 0 Å². The number of nitrogens with zero attached hydrogens (tertiary/aromatic N) is 5. The zero-order chi connectivity index (χ0) is 17.8. The molecular formula is C20H27N5. The Kier molecular flexibility index (Phi) is 5.31. The Labute approximate surface area is 149 Å². The van der Waals surface area contributed by atoms with Crippen LogP contribution >= 0.6 is 0 Å². The quantitative estimate of drug-likeness (QED) is 0.645. The molecule has 0 aliphatic carbocycles. The minimum atomic E-state index is 0.856. The summed E-state index contributed by atoms with van der Waals surface area (Å²) >= 11 is 0. The molecule has 3 aromatic heterocycles. The van der Waals surface area contributed by atoms with Crippen LogP contribution in [-0.4, -0.2) is 32.4 Å². The summed E-state index contributed by atoms with van der Waals surface area (Å²) in [5, 5.41) is 0. The van der Waals surface area contributed by atoms with Gasteiger partial charge in [-0.1, -0.05) is 26.8 Å². The molecule has 3 rings (SSSR count). The zero-order valence-corrected chi connectivity index (χ0v) is 15.7. The van der Waals surface area contributed by atoms with Gasteiger partial charge in [0.15, 0.2) is 5.65 Å². The Morgan fingerprint density at radius 3 is 2.36 bits per heavy atom. The van der Waals surface area contributed by atoms with E-state index in [2.05, 4.69) is 53.0 Å². The molecule has 0 saturated heterocycles. The fourth-order valence-corrected chi connectivity index (χ4v) is 3.35. The number of rotatable bonds is 7. The first kappa shape index (κ1) is 17.4. The van der Waals surface area contributed by atoms with Crippen molar-refractivity contribution in [1.82, 2.24) is 19.4 Å². The van der Waals surface area contributed by atoms with E-state index >= 15 is 0 Å². The van der Waals surface area contributed by atoms with Gasteiger partial charge in [0.1, 0.15) is 11.5 Å². The van der Waals surface area contributed by atoms with Gasteiger partial charge in [-0.2, -0.15) is 0 Å². The minimum Gasteiger partial charge on any atom is -0.356 e. The molecule has 0 aromatic carbocycles. The molecule has 0 saturated carbocycles. The summed E-state index contributed by atoms with van der Waals surface area (Å²) in [4.78, 5) is 16.6. The van der Waals surface area contributed by atoms with Gasteiger partial charge in [-0.25, -0.2) is 9.97 Å². The van der Waals surface area contributed by atoms with E-state index in [0.29, 0.717) is 0 Å². The molecule has 5 heteroatoms. The highest BCUT2D eigenvalue weighted by Crippen LogP contribution is 2.29. The van der Waals surface area contributed by atoms with Crippen LogP contribution in [0.15, 0.2) is 30.7 Å². The lowest BCUT2D eigenvalue weighted by Gasteiger charge is -2.24. The van der Waals surface area contributed by atoms with Crippen molar-refractivity contribution in [3.8, 4) is 11.4 Å². The summed E-state index contributed by atoms with van der Waals surface area (Å²) in [6.07, 6.45) is 8.84. The van der Waals surface area contributed by atoms with Gasteiger partial charge in [0.25, 0.3) is 0 Å². The van der Waals surface area contributed by atoms with Crippen molar-refractivity contribution >= 4 is 11.5 Å². The Hall–Kier alpha value is -2.43. The molecule has 0 bridgehead atoms. The maximum absolute atomic E-state index is 4.95. The average Bonchev–Trinajstić information content (AvgIpc) is 3.00. The SMILES string of the molecule is CCCN(CCC)c1c(CC)nc2c(-c3ncccc3C)nccn12. The molecule has 3 heterocycles. The molecule has 3 aromatic rings. The van der Waals surface area contributed by atoms with Crippen molar-refractivity contribution in [2.75, 3.05) is 18.0 Å². The van der Waals surface area contributed by atoms with Gasteiger partial charge in [0, 0.05) is 31.7 Å². The second kappa shape index (κ2) is 7.64. The molecule has 0 radical (unpaired) electrons. The molecule has 0 atom stereocenters. The highest BCUT2D eigenvalue weighted by Gasteiger charge is 2.20. The van der Waals surface area contributed by atoms with Crippen LogP contribution in [-0.2, 0) is 6.42 Å². The Morgan fingerprint density at radius 1 is 1.00 bits per heavy atom. The van der Waals surface area contributed by atoms with Crippen molar-refractivity contribution in [2.45, 2.75) is 47.0 Å². The van der Waals surface area contributed by atoms with Crippen molar-refractivity contribution in [3.05, 3.63) is 42.0 Å². The first-order valence-electron chi connectivity index (χ1n) is 9.24. The molecule has 0 fully saturated rings. The van der Waals surface area contributed by atoms with Crippen LogP contribution in [0.2, 0.25) is 0 Å². The van der Waals surface area contributed by atoms with Crippen molar-refractivity contribution in [2.24, 2.45) is 0 Å². The van der Waals surface area contributed by atoms with Crippen LogP contribution in [0.1, 0.15) is 44.9 Å². The van der Waals surface area contributed by atoms with Crippen LogP contribution in [0.5, 0.6) is 0 Å². The third-order valence-corrected chi connectivity index (χ3v) is 4.44. The Morgan fingerprint density at radius 2 is 1.72 bits per heavy atom. The maximum atomic E-state index is 4.95. The number of aromatic nitrogens is 4. The molecule has 0 spiro atoms. The first-order valence-corrected chi connectivity index (χ1v) is 9.24. The Bertz CT molecular complexity index is 846. The molecule has 0 N–H and O–H groups in total. The van der Waals surface area contributed by atoms with E-state index in [1.807, 2.05) is 24.7 Å². The normalized spacial score (nSPS) is 11.2. The summed E-state index contributed by atoms with van der Waals surface area (Å²) in [6, 6.07) is 4.02. The van der Waals surface area contributed by atoms with E-state index in [9.17, 15) is 0 Å². The molecule has 0 unspecified atom stereocenters. The van der Waals surface area contributed by atoms with Crippen molar-refractivity contribution < 1.29 is 0 Å². The highest BCUT2D eigenvalue weighted by atomic mass is 15.3. The number of aryl methyl sites for hydroxylation is 2. The van der Waals surface area contributed by atoms with Crippen LogP contribution < -0.4 is 4.90 Å². The van der Waals surface area contributed by atoms with Crippen LogP contribution in [0, 0.1) is 6.92 Å². The van der Waals surface area contributed by atoms with Crippen molar-refractivity contribution in [3.63, 3.8) is 0 Å². The molecule has 132 valence electrons. The standard InChI is InChI=1S/C20H27N5/c1-5-12-24(13-6-2)20-16(7-3)23-19-18(22-11-14-25(19)20)17-15(4)9-8-10-21-17/h8-11,14H,5-7,12-13H2,1-4H3. The van der Waals surface area contributed by atoms with Crippen LogP contribution in [0.4, 0.5) is 5.82 Å². The van der Waals surface area contributed by atoms with E-state index in [-0.39, 0.29) is 0 Å². The summed E-state index contributed by atoms with van der Waals surface area (Å²) < 4.78 is 2.20. The van der Waals surface area contributed by atoms with E-state index in [0.717, 1.165) is 60.6 Å². The average molecular weight is 337 g/mol. The van der Waals surface area contributed by atoms with Gasteiger partial charge < -0.3 is 4.90 Å². The number of pyridine rings is 1. The molecular weight excluding hydrogens is 310 g/mol. The predicted octanol–water partition coefficient (Wildman–Crippen LogP) is 4.29. The lowest BCUT2D eigenvalue weighted by atomic mass is 10.1. The smallest absolute Gasteiger partial charge is 0.167 e. The fourth-order valence-electron chi connectivity index (χ4n) is 3.35. The molecule has 25 heavy (non-hydrogen) atoms. The van der Waals surface area contributed by atoms with Gasteiger partial charge in [0.05, 0.1) is 11.4 Å². The topological polar surface area (TPSA) is 46.3 Å². The lowest BCUT2D eigenvalue weighted by molar-refractivity contribution is 0.725. The number of hydrogen-bond donors (Lipinski definition) is 0. The molecule has 0 aliphatic heterocycles. The number of hydrogen-bond acceptors (Lipinski definition) is 4. The van der Waals surface area contributed by atoms with Gasteiger partial charge >= 0.3 is 0 Å². The molecule has 0 aliphatic rings. The third kappa shape index (κ3) is 3.23. The van der Waals surface area contributed by atoms with Gasteiger partial charge in [0.2, 0.25) is 0 Å². The van der Waals surface area contributed by atoms with E-state index in [1.54, 1.807) is 0 Å². The van der Waals surface area contributed by atoms with Gasteiger partial charge in [-0.15, -0.1) is 0 Å². The van der Waals surface area contributed by atoms with Gasteiger partial charge in [-0.05, 0) is 37.8 Å². The summed E-state index contributed by atoms with van der Waals surface area (Å²) in [7, 11) is 0. The van der Waals surface area contributed by atoms with E-state index in [1.165, 1.54) is 5.82 Å². The Balaban J connectivity index is 2.23. The third-order valence-electron chi connectivity index (χ3n) is 4.44. The second-order valence-electron chi connectivity index (χ2n) is 6.36. The van der Waals surface area contributed by atoms with Crippen molar-refractivity contribution in [1.29, 1.82) is 0 Å². The molecule has 5 nitrogen and oxygen atoms in total. The number of anilines is 1. The monoisotopic (exact) mass is 337 g/mol. The minimum absolute atomic E-state index is 0.856. The molecule has 0 amide bonds. The second-order valence-corrected chi connectivity index (χ2v) is 6.36. The highest BCUT2D eigenvalue weighted by molar-refractivity contribution is 5.76. The van der Waals surface area contributed by atoms with Crippen LogP contribution in [0.3, 0.4) is 0 Å². The lowest BCUT2D eigenvalue weighted by Crippen LogP contribution is -2.27. The summed E-state index contributed by atoms with van der Waals surface area (Å²) in [6.45, 7) is 10.8. The summed E-state index contributed by atoms with van der Waals surface area (Å²) in [5.41, 5.74) is 4.90. The maximum Gasteiger partial charge on any atom is 0.167 e.